The van der Waals surface area contributed by atoms with Crippen LogP contribution in [0.5, 0.6) is 0 Å². The summed E-state index contributed by atoms with van der Waals surface area (Å²) in [6, 6.07) is 0. The Bertz CT molecular complexity index is 1120. The second-order valence-electron chi connectivity index (χ2n) is 6.02. The average molecular weight is 599 g/mol. The van der Waals surface area contributed by atoms with Gasteiger partial charge in [0.05, 0.1) is 12.9 Å². The van der Waals surface area contributed by atoms with Crippen molar-refractivity contribution < 1.29 is 61.4 Å². The minimum Gasteiger partial charge on any atom is -0.387 e. The van der Waals surface area contributed by atoms with Crippen LogP contribution in [0.2, 0.25) is 0 Å². The van der Waals surface area contributed by atoms with Gasteiger partial charge in [0.25, 0.3) is 0 Å². The minimum atomic E-state index is -5.70. The molecule has 0 saturated carbocycles. The molecular weight excluding hydrogens is 583 g/mol. The number of nitrogen functional groups attached to an aromatic ring is 1. The number of ether oxygens (including phenoxy) is 1. The molecule has 18 nitrogen and oxygen atoms in total. The molecule has 6 atom stereocenters. The Hall–Kier alpha value is 2.64. The summed E-state index contributed by atoms with van der Waals surface area (Å²) in [5.41, 5.74) is 6.00. The number of fused-ring (bicyclic) bond motifs is 1. The Kier molecular flexibility index (Phi) is 17.7. The second-order valence-corrected chi connectivity index (χ2v) is 10.4. The predicted molar refractivity (Wildman–Crippen MR) is 118 cm³/mol. The van der Waals surface area contributed by atoms with Crippen molar-refractivity contribution in [3.8, 4) is 0 Å². The van der Waals surface area contributed by atoms with E-state index in [1.807, 2.05) is 0 Å². The molecule has 2 unspecified atom stereocenters. The summed E-state index contributed by atoms with van der Waals surface area (Å²) in [6.07, 6.45) is -3.69. The van der Waals surface area contributed by atoms with Gasteiger partial charge in [-0.3, -0.25) is 9.09 Å². The van der Waals surface area contributed by atoms with Crippen molar-refractivity contribution in [2.45, 2.75) is 24.5 Å². The smallest absolute Gasteiger partial charge is 0.387 e. The molecule has 4 radical (unpaired) electrons. The first-order valence-electron chi connectivity index (χ1n) is 7.92. The Balaban J connectivity index is 0. The zero-order valence-corrected chi connectivity index (χ0v) is 29.6. The molecule has 2 aromatic heterocycles. The number of aliphatic hydroxyl groups is 2. The van der Waals surface area contributed by atoms with Gasteiger partial charge in [0.2, 0.25) is 0 Å². The Labute approximate surface area is 285 Å². The zero-order valence-electron chi connectivity index (χ0n) is 18.9. The maximum atomic E-state index is 11.8. The zero-order chi connectivity index (χ0) is 23.2. The molecule has 1 fully saturated rings. The number of aliphatic hydroxyl groups excluding tert-OH is 2. The summed E-state index contributed by atoms with van der Waals surface area (Å²) in [4.78, 5) is 47.2. The van der Waals surface area contributed by atoms with E-state index in [1.54, 1.807) is 0 Å². The molecule has 1 aliphatic rings. The second kappa shape index (κ2) is 15.6. The van der Waals surface area contributed by atoms with E-state index < -0.39 is 54.6 Å². The van der Waals surface area contributed by atoms with Crippen molar-refractivity contribution in [2.75, 3.05) is 12.3 Å². The van der Waals surface area contributed by atoms with Gasteiger partial charge in [0, 0.05) is 118 Å². The third kappa shape index (κ3) is 10.9. The van der Waals surface area contributed by atoms with Crippen molar-refractivity contribution in [1.82, 2.24) is 19.5 Å². The minimum absolute atomic E-state index is 0. The van der Waals surface area contributed by atoms with Crippen LogP contribution in [-0.2, 0) is 31.6 Å². The van der Waals surface area contributed by atoms with Crippen LogP contribution in [0.25, 0.3) is 11.2 Å². The molecule has 0 bridgehead atoms. The predicted octanol–water partition coefficient (Wildman–Crippen LogP) is -3.15. The van der Waals surface area contributed by atoms with E-state index in [2.05, 4.69) is 28.1 Å². The van der Waals surface area contributed by atoms with Crippen molar-refractivity contribution in [3.05, 3.63) is 12.7 Å². The quantitative estimate of drug-likeness (QED) is 0.116. The maximum absolute atomic E-state index is 11.8. The van der Waals surface area contributed by atoms with Gasteiger partial charge in [-0.25, -0.2) is 28.6 Å². The van der Waals surface area contributed by atoms with Gasteiger partial charge in [-0.05, 0) is 0 Å². The van der Waals surface area contributed by atoms with E-state index in [0.717, 1.165) is 6.33 Å². The number of aromatic nitrogens is 4. The van der Waals surface area contributed by atoms with E-state index in [1.165, 1.54) is 10.9 Å². The number of phosphoric ester groups is 1. The fourth-order valence-electron chi connectivity index (χ4n) is 2.62. The van der Waals surface area contributed by atoms with Crippen LogP contribution < -0.4 is 5.73 Å². The van der Waals surface area contributed by atoms with Crippen LogP contribution in [0.1, 0.15) is 6.23 Å². The normalized spacial score (nSPS) is 25.2. The van der Waals surface area contributed by atoms with Crippen LogP contribution >= 0.6 is 23.5 Å². The molecule has 3 rings (SSSR count). The number of imidazole rings is 1. The molecule has 0 spiro atoms. The monoisotopic (exact) mass is 599 g/mol. The molecular formula is C10H16N5Na4O13P3. The Morgan fingerprint density at radius 3 is 2.11 bits per heavy atom. The van der Waals surface area contributed by atoms with Gasteiger partial charge in [-0.2, -0.15) is 8.62 Å². The molecule has 0 amide bonds. The van der Waals surface area contributed by atoms with Gasteiger partial charge in [-0.15, -0.1) is 0 Å². The number of anilines is 1. The number of rotatable bonds is 8. The van der Waals surface area contributed by atoms with Gasteiger partial charge >= 0.3 is 23.5 Å². The van der Waals surface area contributed by atoms with Crippen molar-refractivity contribution in [3.63, 3.8) is 0 Å². The van der Waals surface area contributed by atoms with Gasteiger partial charge < -0.3 is 40.3 Å². The average Bonchev–Trinajstić information content (AvgIpc) is 3.13. The third-order valence-electron chi connectivity index (χ3n) is 3.82. The van der Waals surface area contributed by atoms with Gasteiger partial charge in [0.15, 0.2) is 17.7 Å². The Morgan fingerprint density at radius 2 is 1.54 bits per heavy atom. The fourth-order valence-corrected chi connectivity index (χ4v) is 5.65. The van der Waals surface area contributed by atoms with Crippen molar-refractivity contribution >= 4 is 159 Å². The summed E-state index contributed by atoms with van der Waals surface area (Å²) in [7, 11) is -16.7. The number of nitrogens with zero attached hydrogens (tertiary/aromatic N) is 4. The fraction of sp³-hybridized carbons (Fsp3) is 0.500. The number of phosphoric acid groups is 3. The molecule has 35 heavy (non-hydrogen) atoms. The van der Waals surface area contributed by atoms with Crippen LogP contribution in [0.15, 0.2) is 12.7 Å². The molecule has 0 aliphatic carbocycles. The molecule has 1 saturated heterocycles. The third-order valence-corrected chi connectivity index (χ3v) is 7.62. The maximum Gasteiger partial charge on any atom is 0.490 e. The number of hydrogen-bond donors (Lipinski definition) is 7. The molecule has 1 aliphatic heterocycles. The summed E-state index contributed by atoms with van der Waals surface area (Å²) < 4.78 is 51.9. The largest absolute Gasteiger partial charge is 0.490 e. The summed E-state index contributed by atoms with van der Waals surface area (Å²) in [5.74, 6) is 0.0426. The molecule has 3 heterocycles. The van der Waals surface area contributed by atoms with E-state index in [4.69, 9.17) is 25.2 Å². The summed E-state index contributed by atoms with van der Waals surface area (Å²) in [6.45, 7) is -0.956. The van der Waals surface area contributed by atoms with Crippen molar-refractivity contribution in [2.24, 2.45) is 0 Å². The van der Waals surface area contributed by atoms with E-state index >= 15 is 0 Å². The van der Waals surface area contributed by atoms with Crippen molar-refractivity contribution in [1.29, 1.82) is 0 Å². The molecule has 2 aromatic rings. The van der Waals surface area contributed by atoms with Crippen LogP contribution in [-0.4, -0.2) is 192 Å². The summed E-state index contributed by atoms with van der Waals surface area (Å²) >= 11 is 0. The van der Waals surface area contributed by atoms with Crippen LogP contribution in [0.4, 0.5) is 5.82 Å². The first-order chi connectivity index (χ1) is 14.2. The van der Waals surface area contributed by atoms with Crippen LogP contribution in [0, 0.1) is 0 Å². The first-order valence-corrected chi connectivity index (χ1v) is 12.4. The van der Waals surface area contributed by atoms with E-state index in [0.29, 0.717) is 0 Å². The summed E-state index contributed by atoms with van der Waals surface area (Å²) in [5, 5.41) is 20.4. The topological polar surface area (TPSA) is 279 Å². The Morgan fingerprint density at radius 1 is 0.943 bits per heavy atom. The molecule has 178 valence electrons. The number of nitrogens with two attached hydrogens (primary N) is 1. The van der Waals surface area contributed by atoms with Gasteiger partial charge in [0.1, 0.15) is 30.2 Å². The standard InChI is InChI=1S/C10H16N5O13P3.4Na/c11-8-5-9(13-2-12-8)15(3-14-5)10-7(17)6(16)4(26-10)1-25-30(21,22)28-31(23,24)27-29(18,19)20;;;;/h2-4,6-7,10,16-17H,1H2,(H,21,22)(H,23,24)(H2,11,12,13)(H2,18,19,20);;;;/t4-,6-,7-,10-;;;;/m1..../s1. The van der Waals surface area contributed by atoms with E-state index in [-0.39, 0.29) is 135 Å². The molecule has 8 N–H and O–H groups in total. The molecule has 25 heteroatoms. The SMILES string of the molecule is Nc1ncnc2c1ncn2[C@@H]1O[C@H](COP(=O)(O)OP(=O)(O)OP(=O)(O)O)[C@@H](O)[C@H]1O.[Na].[Na].[Na].[Na]. The number of hydrogen-bond acceptors (Lipinski definition) is 13. The molecule has 0 aromatic carbocycles. The van der Waals surface area contributed by atoms with E-state index in [9.17, 15) is 28.8 Å². The first kappa shape index (κ1) is 39.8. The van der Waals surface area contributed by atoms with Crippen LogP contribution in [0.3, 0.4) is 0 Å². The van der Waals surface area contributed by atoms with Gasteiger partial charge in [-0.1, -0.05) is 0 Å².